The van der Waals surface area contributed by atoms with Crippen LogP contribution in [0.1, 0.15) is 30.1 Å². The number of carbonyl (C=O) groups is 3. The van der Waals surface area contributed by atoms with Crippen LogP contribution < -0.4 is 0 Å². The summed E-state index contributed by atoms with van der Waals surface area (Å²) < 4.78 is 21.9. The third-order valence-corrected chi connectivity index (χ3v) is 6.06. The molecular weight excluding hydrogens is 462 g/mol. The van der Waals surface area contributed by atoms with Crippen LogP contribution in [0.5, 0.6) is 0 Å². The molecule has 2 unspecified atom stereocenters. The topological polar surface area (TPSA) is 91.4 Å². The number of rotatable bonds is 7. The number of hydrogen-bond donors (Lipinski definition) is 0. The average Bonchev–Trinajstić information content (AvgIpc) is 3.49. The molecular formula is C25H24ClNO7. The Morgan fingerprint density at radius 2 is 1.88 bits per heavy atom. The van der Waals surface area contributed by atoms with Crippen LogP contribution in [-0.4, -0.2) is 48.7 Å². The van der Waals surface area contributed by atoms with Gasteiger partial charge in [0, 0.05) is 17.1 Å². The minimum Gasteiger partial charge on any atom is -0.497 e. The first-order valence-corrected chi connectivity index (χ1v) is 11.2. The van der Waals surface area contributed by atoms with Crippen molar-refractivity contribution in [3.05, 3.63) is 82.6 Å². The number of benzene rings is 2. The van der Waals surface area contributed by atoms with Gasteiger partial charge in [0.1, 0.15) is 18.4 Å². The van der Waals surface area contributed by atoms with Gasteiger partial charge in [-0.05, 0) is 24.5 Å². The van der Waals surface area contributed by atoms with Crippen LogP contribution in [0.25, 0.3) is 0 Å². The number of likely N-dealkylation sites (tertiary alicyclic amines) is 1. The summed E-state index contributed by atoms with van der Waals surface area (Å²) in [7, 11) is 1.40. The van der Waals surface area contributed by atoms with Crippen molar-refractivity contribution in [1.29, 1.82) is 0 Å². The molecule has 0 spiro atoms. The summed E-state index contributed by atoms with van der Waals surface area (Å²) in [4.78, 5) is 39.2. The summed E-state index contributed by atoms with van der Waals surface area (Å²) in [6.45, 7) is 0.464. The highest BCUT2D eigenvalue weighted by atomic mass is 35.5. The molecule has 8 nitrogen and oxygen atoms in total. The van der Waals surface area contributed by atoms with Crippen molar-refractivity contribution in [3.8, 4) is 0 Å². The number of halogens is 1. The minimum absolute atomic E-state index is 0.0974. The highest BCUT2D eigenvalue weighted by Crippen LogP contribution is 2.36. The van der Waals surface area contributed by atoms with E-state index in [9.17, 15) is 14.4 Å². The van der Waals surface area contributed by atoms with E-state index in [1.807, 2.05) is 30.3 Å². The molecule has 0 radical (unpaired) electrons. The first-order chi connectivity index (χ1) is 16.5. The van der Waals surface area contributed by atoms with Crippen LogP contribution in [-0.2, 0) is 35.1 Å². The van der Waals surface area contributed by atoms with Gasteiger partial charge in [-0.2, -0.15) is 0 Å². The van der Waals surface area contributed by atoms with E-state index >= 15 is 0 Å². The number of nitrogens with zero attached hydrogens (tertiary/aromatic N) is 1. The van der Waals surface area contributed by atoms with E-state index in [0.717, 1.165) is 5.56 Å². The van der Waals surface area contributed by atoms with Crippen LogP contribution in [0.3, 0.4) is 0 Å². The maximum Gasteiger partial charge on any atom is 0.410 e. The van der Waals surface area contributed by atoms with Crippen molar-refractivity contribution in [2.45, 2.75) is 37.7 Å². The van der Waals surface area contributed by atoms with Gasteiger partial charge in [0.2, 0.25) is 0 Å². The minimum atomic E-state index is -1.05. The van der Waals surface area contributed by atoms with Gasteiger partial charge in [0.15, 0.2) is 12.2 Å². The van der Waals surface area contributed by atoms with E-state index in [0.29, 0.717) is 30.0 Å². The summed E-state index contributed by atoms with van der Waals surface area (Å²) in [6.07, 6.45) is -0.402. The van der Waals surface area contributed by atoms with Gasteiger partial charge < -0.3 is 18.9 Å². The highest BCUT2D eigenvalue weighted by Gasteiger charge is 2.43. The lowest BCUT2D eigenvalue weighted by molar-refractivity contribution is -0.166. The molecule has 2 aromatic carbocycles. The fraction of sp³-hybridized carbons (Fsp3) is 0.320. The Balaban J connectivity index is 1.50. The first kappa shape index (κ1) is 23.6. The third kappa shape index (κ3) is 5.17. The number of hydrogen-bond acceptors (Lipinski definition) is 7. The zero-order chi connectivity index (χ0) is 24.1. The van der Waals surface area contributed by atoms with Gasteiger partial charge in [-0.1, -0.05) is 60.1 Å². The molecule has 2 aliphatic rings. The molecule has 9 heteroatoms. The number of carbonyl (C=O) groups excluding carboxylic acids is 3. The predicted octanol–water partition coefficient (Wildman–Crippen LogP) is 4.18. The van der Waals surface area contributed by atoms with Gasteiger partial charge in [0.25, 0.3) is 0 Å². The first-order valence-electron chi connectivity index (χ1n) is 10.9. The molecule has 0 N–H and O–H groups in total. The second-order valence-corrected chi connectivity index (χ2v) is 8.29. The van der Waals surface area contributed by atoms with Crippen LogP contribution in [0, 0.1) is 0 Å². The maximum atomic E-state index is 13.2. The van der Waals surface area contributed by atoms with E-state index in [4.69, 9.17) is 30.5 Å². The molecule has 2 aromatic rings. The number of ether oxygens (including phenoxy) is 4. The van der Waals surface area contributed by atoms with E-state index in [1.54, 1.807) is 24.3 Å². The molecule has 3 atom stereocenters. The van der Waals surface area contributed by atoms with Gasteiger partial charge in [-0.3, -0.25) is 4.90 Å². The summed E-state index contributed by atoms with van der Waals surface area (Å²) in [5, 5.41) is 0.337. The summed E-state index contributed by atoms with van der Waals surface area (Å²) in [5.41, 5.74) is 1.30. The molecule has 1 fully saturated rings. The van der Waals surface area contributed by atoms with Gasteiger partial charge in [-0.15, -0.1) is 0 Å². The fourth-order valence-corrected chi connectivity index (χ4v) is 4.28. The van der Waals surface area contributed by atoms with Crippen molar-refractivity contribution >= 4 is 29.6 Å². The molecule has 0 bridgehead atoms. The summed E-state index contributed by atoms with van der Waals surface area (Å²) in [6, 6.07) is 15.2. The lowest BCUT2D eigenvalue weighted by atomic mass is 10.0. The second-order valence-electron chi connectivity index (χ2n) is 7.88. The van der Waals surface area contributed by atoms with Crippen molar-refractivity contribution in [2.75, 3.05) is 13.7 Å². The fourth-order valence-electron chi connectivity index (χ4n) is 4.03. The van der Waals surface area contributed by atoms with Crippen LogP contribution >= 0.6 is 11.6 Å². The number of esters is 2. The molecule has 34 heavy (non-hydrogen) atoms. The van der Waals surface area contributed by atoms with Gasteiger partial charge in [0.05, 0.1) is 13.2 Å². The Hall–Kier alpha value is -3.52. The predicted molar refractivity (Wildman–Crippen MR) is 122 cm³/mol. The summed E-state index contributed by atoms with van der Waals surface area (Å²) in [5.74, 6) is -1.03. The monoisotopic (exact) mass is 485 g/mol. The molecule has 2 heterocycles. The molecule has 0 aliphatic carbocycles. The molecule has 0 aromatic heterocycles. The molecule has 4 rings (SSSR count). The lowest BCUT2D eigenvalue weighted by Gasteiger charge is -2.28. The van der Waals surface area contributed by atoms with Crippen molar-refractivity contribution < 1.29 is 33.3 Å². The number of methoxy groups -OCH3 is 1. The van der Waals surface area contributed by atoms with Crippen LogP contribution in [0.4, 0.5) is 4.79 Å². The van der Waals surface area contributed by atoms with E-state index < -0.39 is 36.3 Å². The standard InChI is InChI=1S/C25H24ClNO7/c1-31-20-14-21(28)33-23(20)22(17-10-5-6-11-18(17)26)34-24(29)19-12-7-13-27(19)25(30)32-15-16-8-3-2-4-9-16/h2-6,8-11,14,19,22-23H,7,12-13,15H2,1H3/t19-,22?,23?/m0/s1. The average molecular weight is 486 g/mol. The van der Waals surface area contributed by atoms with E-state index in [1.165, 1.54) is 18.1 Å². The lowest BCUT2D eigenvalue weighted by Crippen LogP contribution is -2.43. The Kier molecular flexibility index (Phi) is 7.37. The van der Waals surface area contributed by atoms with Crippen molar-refractivity contribution in [1.82, 2.24) is 4.90 Å². The summed E-state index contributed by atoms with van der Waals surface area (Å²) >= 11 is 6.37. The van der Waals surface area contributed by atoms with Crippen LogP contribution in [0.2, 0.25) is 5.02 Å². The van der Waals surface area contributed by atoms with E-state index in [2.05, 4.69) is 0 Å². The molecule has 178 valence electrons. The Morgan fingerprint density at radius 3 is 2.62 bits per heavy atom. The van der Waals surface area contributed by atoms with Gasteiger partial charge in [-0.25, -0.2) is 14.4 Å². The van der Waals surface area contributed by atoms with Crippen molar-refractivity contribution in [2.24, 2.45) is 0 Å². The molecule has 0 saturated carbocycles. The Morgan fingerprint density at radius 1 is 1.15 bits per heavy atom. The molecule has 2 aliphatic heterocycles. The normalized spacial score (nSPS) is 20.4. The SMILES string of the molecule is COC1=CC(=O)OC1C(OC(=O)[C@@H]1CCCN1C(=O)OCc1ccccc1)c1ccccc1Cl. The molecule has 1 amide bonds. The van der Waals surface area contributed by atoms with Crippen molar-refractivity contribution in [3.63, 3.8) is 0 Å². The zero-order valence-electron chi connectivity index (χ0n) is 18.5. The van der Waals surface area contributed by atoms with Crippen LogP contribution in [0.15, 0.2) is 66.4 Å². The van der Waals surface area contributed by atoms with Gasteiger partial charge >= 0.3 is 18.0 Å². The Labute approximate surface area is 202 Å². The number of cyclic esters (lactones) is 1. The number of amides is 1. The zero-order valence-corrected chi connectivity index (χ0v) is 19.3. The quantitative estimate of drug-likeness (QED) is 0.429. The third-order valence-electron chi connectivity index (χ3n) is 5.71. The smallest absolute Gasteiger partial charge is 0.410 e. The largest absolute Gasteiger partial charge is 0.497 e. The maximum absolute atomic E-state index is 13.2. The second kappa shape index (κ2) is 10.6. The highest BCUT2D eigenvalue weighted by molar-refractivity contribution is 6.31. The molecule has 1 saturated heterocycles. The Bertz CT molecular complexity index is 1090. The van der Waals surface area contributed by atoms with E-state index in [-0.39, 0.29) is 12.4 Å².